The molecule has 20 heavy (non-hydrogen) atoms. The minimum Gasteiger partial charge on any atom is -0.394 e. The van der Waals surface area contributed by atoms with Crippen molar-refractivity contribution in [3.05, 3.63) is 4.91 Å². The SMILES string of the molecule is O=NN(CCCl)C(=O)N[C@@H]1O[C@H](CO)[C@@H](O)[C@H](O)C1O. The third-order valence-corrected chi connectivity index (χ3v) is 2.96. The first-order valence-electron chi connectivity index (χ1n) is 5.74. The molecule has 0 spiro atoms. The Labute approximate surface area is 118 Å². The van der Waals surface area contributed by atoms with Crippen molar-refractivity contribution in [3.8, 4) is 0 Å². The van der Waals surface area contributed by atoms with Crippen molar-refractivity contribution in [1.82, 2.24) is 10.3 Å². The van der Waals surface area contributed by atoms with Crippen molar-refractivity contribution >= 4 is 17.6 Å². The first-order valence-corrected chi connectivity index (χ1v) is 6.27. The number of aliphatic hydroxyl groups excluding tert-OH is 4. The van der Waals surface area contributed by atoms with E-state index in [-0.39, 0.29) is 12.4 Å². The van der Waals surface area contributed by atoms with Crippen molar-refractivity contribution in [2.75, 3.05) is 19.0 Å². The van der Waals surface area contributed by atoms with Crippen LogP contribution >= 0.6 is 11.6 Å². The monoisotopic (exact) mass is 313 g/mol. The topological polar surface area (TPSA) is 152 Å². The molecule has 0 saturated carbocycles. The lowest BCUT2D eigenvalue weighted by Gasteiger charge is -2.40. The number of carbonyl (C=O) groups is 1. The summed E-state index contributed by atoms with van der Waals surface area (Å²) in [5, 5.41) is 42.7. The van der Waals surface area contributed by atoms with Crippen LogP contribution in [-0.4, -0.2) is 81.1 Å². The number of rotatable bonds is 5. The minimum absolute atomic E-state index is 0.0339. The molecule has 2 amide bonds. The van der Waals surface area contributed by atoms with Gasteiger partial charge in [-0.15, -0.1) is 16.5 Å². The maximum absolute atomic E-state index is 11.6. The number of alkyl halides is 1. The molecule has 116 valence electrons. The lowest BCUT2D eigenvalue weighted by molar-refractivity contribution is -0.233. The van der Waals surface area contributed by atoms with Gasteiger partial charge in [0.1, 0.15) is 24.4 Å². The van der Waals surface area contributed by atoms with Gasteiger partial charge in [0.25, 0.3) is 0 Å². The molecule has 0 bridgehead atoms. The molecule has 11 heteroatoms. The normalized spacial score (nSPS) is 33.5. The fourth-order valence-electron chi connectivity index (χ4n) is 1.68. The zero-order chi connectivity index (χ0) is 15.3. The molecule has 5 atom stereocenters. The summed E-state index contributed by atoms with van der Waals surface area (Å²) < 4.78 is 5.03. The molecule has 1 aliphatic rings. The average Bonchev–Trinajstić information content (AvgIpc) is 2.45. The highest BCUT2D eigenvalue weighted by molar-refractivity contribution is 6.18. The fraction of sp³-hybridized carbons (Fsp3) is 0.889. The zero-order valence-electron chi connectivity index (χ0n) is 10.3. The molecule has 0 aromatic heterocycles. The highest BCUT2D eigenvalue weighted by Crippen LogP contribution is 2.19. The molecule has 0 aliphatic carbocycles. The van der Waals surface area contributed by atoms with Gasteiger partial charge in [0.2, 0.25) is 0 Å². The van der Waals surface area contributed by atoms with E-state index in [9.17, 15) is 25.0 Å². The van der Waals surface area contributed by atoms with Crippen molar-refractivity contribution in [3.63, 3.8) is 0 Å². The minimum atomic E-state index is -1.64. The molecule has 1 rings (SSSR count). The van der Waals surface area contributed by atoms with E-state index in [4.69, 9.17) is 21.4 Å². The van der Waals surface area contributed by atoms with Crippen LogP contribution in [-0.2, 0) is 4.74 Å². The Morgan fingerprint density at radius 1 is 1.30 bits per heavy atom. The second-order valence-corrected chi connectivity index (χ2v) is 4.47. The second-order valence-electron chi connectivity index (χ2n) is 4.09. The summed E-state index contributed by atoms with van der Waals surface area (Å²) in [6, 6.07) is -0.995. The number of urea groups is 1. The van der Waals surface area contributed by atoms with Gasteiger partial charge in [-0.05, 0) is 0 Å². The highest BCUT2D eigenvalue weighted by Gasteiger charge is 2.44. The van der Waals surface area contributed by atoms with Crippen LogP contribution in [0, 0.1) is 4.91 Å². The fourth-order valence-corrected chi connectivity index (χ4v) is 1.84. The molecule has 1 aliphatic heterocycles. The summed E-state index contributed by atoms with van der Waals surface area (Å²) in [5.74, 6) is -0.0339. The Morgan fingerprint density at radius 2 is 1.95 bits per heavy atom. The van der Waals surface area contributed by atoms with Gasteiger partial charge >= 0.3 is 6.03 Å². The lowest BCUT2D eigenvalue weighted by Crippen LogP contribution is -2.64. The molecule has 0 aromatic rings. The van der Waals surface area contributed by atoms with E-state index in [2.05, 4.69) is 10.6 Å². The number of amides is 2. The van der Waals surface area contributed by atoms with Crippen LogP contribution in [0.1, 0.15) is 0 Å². The molecule has 1 unspecified atom stereocenters. The van der Waals surface area contributed by atoms with Crippen LogP contribution in [0.15, 0.2) is 5.29 Å². The summed E-state index contributed by atoms with van der Waals surface area (Å²) in [7, 11) is 0. The lowest BCUT2D eigenvalue weighted by atomic mass is 9.98. The van der Waals surface area contributed by atoms with E-state index < -0.39 is 43.3 Å². The summed E-state index contributed by atoms with van der Waals surface area (Å²) in [6.45, 7) is -0.789. The molecule has 0 aromatic carbocycles. The van der Waals surface area contributed by atoms with E-state index in [1.54, 1.807) is 0 Å². The number of nitrogens with one attached hydrogen (secondary N) is 1. The van der Waals surface area contributed by atoms with Crippen LogP contribution in [0.2, 0.25) is 0 Å². The third-order valence-electron chi connectivity index (χ3n) is 2.79. The van der Waals surface area contributed by atoms with Gasteiger partial charge < -0.3 is 30.5 Å². The van der Waals surface area contributed by atoms with E-state index in [1.165, 1.54) is 0 Å². The van der Waals surface area contributed by atoms with Crippen LogP contribution in [0.5, 0.6) is 0 Å². The third kappa shape index (κ3) is 3.75. The molecule has 0 radical (unpaired) electrons. The second kappa shape index (κ2) is 7.67. The van der Waals surface area contributed by atoms with Gasteiger partial charge in [-0.3, -0.25) is 0 Å². The van der Waals surface area contributed by atoms with Crippen molar-refractivity contribution in [2.24, 2.45) is 5.29 Å². The van der Waals surface area contributed by atoms with Gasteiger partial charge in [0, 0.05) is 5.88 Å². The molecule has 1 fully saturated rings. The molecule has 1 saturated heterocycles. The number of ether oxygens (including phenoxy) is 1. The summed E-state index contributed by atoms with van der Waals surface area (Å²) in [6.07, 6.45) is -7.38. The predicted octanol–water partition coefficient (Wildman–Crippen LogP) is -2.28. The average molecular weight is 314 g/mol. The van der Waals surface area contributed by atoms with Gasteiger partial charge in [-0.2, -0.15) is 5.01 Å². The number of hydrogen-bond donors (Lipinski definition) is 5. The number of nitrogens with zero attached hydrogens (tertiary/aromatic N) is 2. The molecular formula is C9H16ClN3O7. The largest absolute Gasteiger partial charge is 0.394 e. The van der Waals surface area contributed by atoms with Crippen LogP contribution < -0.4 is 5.32 Å². The summed E-state index contributed by atoms with van der Waals surface area (Å²) in [4.78, 5) is 22.0. The quantitative estimate of drug-likeness (QED) is 0.218. The van der Waals surface area contributed by atoms with E-state index in [1.807, 2.05) is 0 Å². The van der Waals surface area contributed by atoms with Crippen molar-refractivity contribution in [2.45, 2.75) is 30.6 Å². The number of halogens is 1. The number of aliphatic hydroxyl groups is 4. The van der Waals surface area contributed by atoms with Gasteiger partial charge in [-0.25, -0.2) is 4.79 Å². The predicted molar refractivity (Wildman–Crippen MR) is 65.5 cm³/mol. The smallest absolute Gasteiger partial charge is 0.342 e. The van der Waals surface area contributed by atoms with Gasteiger partial charge in [0.05, 0.1) is 18.4 Å². The first kappa shape index (κ1) is 17.0. The van der Waals surface area contributed by atoms with E-state index in [0.29, 0.717) is 5.01 Å². The Balaban J connectivity index is 2.70. The number of hydrogen-bond acceptors (Lipinski definition) is 8. The molecule has 1 heterocycles. The van der Waals surface area contributed by atoms with Gasteiger partial charge in [0.15, 0.2) is 6.23 Å². The summed E-state index contributed by atoms with van der Waals surface area (Å²) in [5.41, 5.74) is 0. The van der Waals surface area contributed by atoms with Gasteiger partial charge in [-0.1, -0.05) is 0 Å². The summed E-state index contributed by atoms with van der Waals surface area (Å²) >= 11 is 5.37. The standard InChI is InChI=1S/C9H16ClN3O7/c10-1-2-13(12-19)9(18)11-8-7(17)6(16)5(15)4(3-14)20-8/h4-8,14-17H,1-3H2,(H,11,18)/t4-,5-,6+,7?,8-/m1/s1. The number of nitroso groups, excluding NO2 is 1. The zero-order valence-corrected chi connectivity index (χ0v) is 11.0. The molecular weight excluding hydrogens is 298 g/mol. The Bertz CT molecular complexity index is 346. The maximum Gasteiger partial charge on any atom is 0.342 e. The van der Waals surface area contributed by atoms with Crippen molar-refractivity contribution in [1.29, 1.82) is 0 Å². The molecule has 5 N–H and O–H groups in total. The first-order chi connectivity index (χ1) is 9.46. The van der Waals surface area contributed by atoms with E-state index >= 15 is 0 Å². The molecule has 10 nitrogen and oxygen atoms in total. The van der Waals surface area contributed by atoms with Crippen LogP contribution in [0.4, 0.5) is 4.79 Å². The Kier molecular flexibility index (Phi) is 6.52. The Hall–Kier alpha value is -1.04. The Morgan fingerprint density at radius 3 is 2.45 bits per heavy atom. The number of carbonyl (C=O) groups excluding carboxylic acids is 1. The van der Waals surface area contributed by atoms with Crippen LogP contribution in [0.3, 0.4) is 0 Å². The van der Waals surface area contributed by atoms with Crippen LogP contribution in [0.25, 0.3) is 0 Å². The van der Waals surface area contributed by atoms with Crippen molar-refractivity contribution < 1.29 is 30.0 Å². The maximum atomic E-state index is 11.6. The van der Waals surface area contributed by atoms with E-state index in [0.717, 1.165) is 0 Å². The highest BCUT2D eigenvalue weighted by atomic mass is 35.5.